The van der Waals surface area contributed by atoms with Gasteiger partial charge in [0.25, 0.3) is 0 Å². The molecular formula is C19H27NO8S. The summed E-state index contributed by atoms with van der Waals surface area (Å²) in [7, 11) is 0.903. The number of rotatable bonds is 5. The molecule has 3 aliphatic heterocycles. The highest BCUT2D eigenvalue weighted by Gasteiger charge is 2.70. The minimum Gasteiger partial charge on any atom is -0.726 e. The molecule has 4 rings (SSSR count). The topological polar surface area (TPSA) is 125 Å². The molecule has 3 fully saturated rings. The van der Waals surface area contributed by atoms with E-state index in [2.05, 4.69) is 18.3 Å². The fourth-order valence-corrected chi connectivity index (χ4v) is 4.55. The maximum absolute atomic E-state index is 12.5. The summed E-state index contributed by atoms with van der Waals surface area (Å²) in [6.07, 6.45) is 2.34. The van der Waals surface area contributed by atoms with E-state index in [4.69, 9.17) is 9.47 Å². The summed E-state index contributed by atoms with van der Waals surface area (Å²) in [4.78, 5) is 12.5. The van der Waals surface area contributed by atoms with E-state index in [9.17, 15) is 22.9 Å². The Morgan fingerprint density at radius 3 is 2.21 bits per heavy atom. The number of epoxide rings is 1. The van der Waals surface area contributed by atoms with Crippen LogP contribution < -0.4 is 0 Å². The lowest BCUT2D eigenvalue weighted by Crippen LogP contribution is -2.60. The number of carbonyl (C=O) groups excluding carboxylic acids is 1. The molecule has 0 amide bonds. The van der Waals surface area contributed by atoms with Crippen LogP contribution >= 0.6 is 0 Å². The minimum absolute atomic E-state index is 0.0576. The maximum atomic E-state index is 12.5. The molecule has 1 N–H and O–H groups in total. The predicted molar refractivity (Wildman–Crippen MR) is 100 cm³/mol. The van der Waals surface area contributed by atoms with Crippen molar-refractivity contribution < 1.29 is 41.0 Å². The molecule has 5 atom stereocenters. The van der Waals surface area contributed by atoms with Gasteiger partial charge in [0.15, 0.2) is 0 Å². The second-order valence-corrected chi connectivity index (χ2v) is 9.23. The molecule has 3 aliphatic rings. The van der Waals surface area contributed by atoms with Crippen LogP contribution in [-0.4, -0.2) is 86.7 Å². The van der Waals surface area contributed by atoms with Crippen molar-refractivity contribution in [1.82, 2.24) is 0 Å². The number of hydrogen-bond acceptors (Lipinski definition) is 8. The standard InChI is InChI=1S/C18H24NO4.CH4O4S/c1-19(2)14-8-12(9-15(19)17-16(14)23-17)22-18(21)13(10-20)11-6-4-3-5-7-11;1-5-6(2,3)4/h3-7,12-17,20H,8-10H2,1-2H3;1H3,(H,2,3,4)/q+1;/p-1/t12?,13-,14+,15+,16?,17?;/m1./s1. The average molecular weight is 429 g/mol. The van der Waals surface area contributed by atoms with Crippen LogP contribution in [0.15, 0.2) is 30.3 Å². The highest BCUT2D eigenvalue weighted by molar-refractivity contribution is 7.80. The summed E-state index contributed by atoms with van der Waals surface area (Å²) in [6.45, 7) is -0.224. The fourth-order valence-electron chi connectivity index (χ4n) is 4.55. The number of aliphatic hydroxyl groups is 1. The number of ether oxygens (including phenoxy) is 2. The summed E-state index contributed by atoms with van der Waals surface area (Å²) in [5, 5.41) is 9.60. The molecular weight excluding hydrogens is 402 g/mol. The number of piperidine rings is 1. The van der Waals surface area contributed by atoms with Crippen LogP contribution in [0, 0.1) is 0 Å². The number of quaternary nitrogens is 1. The first-order valence-corrected chi connectivity index (χ1v) is 10.8. The molecule has 29 heavy (non-hydrogen) atoms. The van der Waals surface area contributed by atoms with E-state index in [1.807, 2.05) is 30.3 Å². The fraction of sp³-hybridized carbons (Fsp3) is 0.632. The highest BCUT2D eigenvalue weighted by Crippen LogP contribution is 2.51. The van der Waals surface area contributed by atoms with Crippen LogP contribution in [0.1, 0.15) is 24.3 Å². The molecule has 0 aliphatic carbocycles. The molecule has 1 aromatic rings. The largest absolute Gasteiger partial charge is 0.726 e. The number of likely N-dealkylation sites (N-methyl/N-ethyl adjacent to an activating group) is 1. The first-order chi connectivity index (χ1) is 13.6. The predicted octanol–water partition coefficient (Wildman–Crippen LogP) is 0.156. The third-order valence-corrected chi connectivity index (χ3v) is 6.60. The van der Waals surface area contributed by atoms with Gasteiger partial charge in [-0.05, 0) is 5.56 Å². The Morgan fingerprint density at radius 1 is 1.24 bits per heavy atom. The third-order valence-electron chi connectivity index (χ3n) is 6.19. The van der Waals surface area contributed by atoms with Gasteiger partial charge in [-0.1, -0.05) is 30.3 Å². The van der Waals surface area contributed by atoms with E-state index in [0.29, 0.717) is 24.3 Å². The molecule has 3 saturated heterocycles. The van der Waals surface area contributed by atoms with Gasteiger partial charge in [0.1, 0.15) is 36.3 Å². The van der Waals surface area contributed by atoms with E-state index in [1.165, 1.54) is 0 Å². The maximum Gasteiger partial charge on any atom is 0.316 e. The number of nitrogens with zero attached hydrogens (tertiary/aromatic N) is 1. The van der Waals surface area contributed by atoms with Gasteiger partial charge in [0.2, 0.25) is 10.4 Å². The second-order valence-electron chi connectivity index (χ2n) is 8.08. The highest BCUT2D eigenvalue weighted by atomic mass is 32.3. The van der Waals surface area contributed by atoms with E-state index >= 15 is 0 Å². The molecule has 9 nitrogen and oxygen atoms in total. The number of carbonyl (C=O) groups is 1. The lowest BCUT2D eigenvalue weighted by molar-refractivity contribution is -0.938. The van der Waals surface area contributed by atoms with Crippen LogP contribution in [0.5, 0.6) is 0 Å². The second kappa shape index (κ2) is 8.29. The first-order valence-electron chi connectivity index (χ1n) is 9.45. The molecule has 2 unspecified atom stereocenters. The van der Waals surface area contributed by atoms with Crippen molar-refractivity contribution >= 4 is 16.4 Å². The van der Waals surface area contributed by atoms with Gasteiger partial charge >= 0.3 is 5.97 Å². The van der Waals surface area contributed by atoms with E-state index < -0.39 is 16.3 Å². The third kappa shape index (κ3) is 4.79. The van der Waals surface area contributed by atoms with Crippen LogP contribution in [0.25, 0.3) is 0 Å². The van der Waals surface area contributed by atoms with E-state index in [1.54, 1.807) is 0 Å². The Balaban J connectivity index is 0.000000353. The van der Waals surface area contributed by atoms with Gasteiger partial charge in [-0.25, -0.2) is 8.42 Å². The number of benzene rings is 1. The Bertz CT molecular complexity index is 808. The quantitative estimate of drug-likeness (QED) is 0.231. The van der Waals surface area contributed by atoms with E-state index in [-0.39, 0.29) is 18.7 Å². The van der Waals surface area contributed by atoms with Crippen molar-refractivity contribution in [2.45, 2.75) is 49.2 Å². The van der Waals surface area contributed by atoms with Crippen LogP contribution in [0.3, 0.4) is 0 Å². The number of morpholine rings is 1. The summed E-state index contributed by atoms with van der Waals surface area (Å²) < 4.78 is 43.5. The van der Waals surface area contributed by atoms with Crippen molar-refractivity contribution in [3.05, 3.63) is 35.9 Å². The zero-order valence-electron chi connectivity index (χ0n) is 16.6. The number of aliphatic hydroxyl groups excluding tert-OH is 1. The number of esters is 1. The molecule has 10 heteroatoms. The molecule has 0 saturated carbocycles. The lowest BCUT2D eigenvalue weighted by Gasteiger charge is -2.45. The zero-order valence-corrected chi connectivity index (χ0v) is 17.4. The van der Waals surface area contributed by atoms with Crippen molar-refractivity contribution in [2.24, 2.45) is 0 Å². The Kier molecular flexibility index (Phi) is 6.32. The van der Waals surface area contributed by atoms with Gasteiger partial charge in [-0.2, -0.15) is 0 Å². The van der Waals surface area contributed by atoms with Gasteiger partial charge < -0.3 is 23.6 Å². The SMILES string of the molecule is COS(=O)(=O)[O-].C[N+]1(C)[C@H]2CC(OC(=O)[C@H](CO)c3ccccc3)C[C@H]1C1OC12. The number of fused-ring (bicyclic) bond motifs is 5. The molecule has 162 valence electrons. The Labute approximate surface area is 170 Å². The summed E-state index contributed by atoms with van der Waals surface area (Å²) in [6, 6.07) is 10.2. The van der Waals surface area contributed by atoms with Crippen LogP contribution in [0.2, 0.25) is 0 Å². The summed E-state index contributed by atoms with van der Waals surface area (Å²) in [5.41, 5.74) is 0.807. The van der Waals surface area contributed by atoms with Crippen molar-refractivity contribution in [3.63, 3.8) is 0 Å². The van der Waals surface area contributed by atoms with E-state index in [0.717, 1.165) is 30.0 Å². The van der Waals surface area contributed by atoms with Gasteiger partial charge in [0.05, 0.1) is 27.8 Å². The summed E-state index contributed by atoms with van der Waals surface area (Å²) in [5.74, 6) is -0.908. The summed E-state index contributed by atoms with van der Waals surface area (Å²) >= 11 is 0. The van der Waals surface area contributed by atoms with Crippen molar-refractivity contribution in [1.29, 1.82) is 0 Å². The van der Waals surface area contributed by atoms with Crippen LogP contribution in [0.4, 0.5) is 0 Å². The van der Waals surface area contributed by atoms with Gasteiger partial charge in [0, 0.05) is 12.8 Å². The molecule has 0 spiro atoms. The van der Waals surface area contributed by atoms with Crippen molar-refractivity contribution in [2.75, 3.05) is 27.8 Å². The monoisotopic (exact) mass is 429 g/mol. The molecule has 0 aromatic heterocycles. The minimum atomic E-state index is -4.41. The van der Waals surface area contributed by atoms with Gasteiger partial charge in [-0.15, -0.1) is 0 Å². The number of hydrogen-bond donors (Lipinski definition) is 1. The van der Waals surface area contributed by atoms with Gasteiger partial charge in [-0.3, -0.25) is 8.98 Å². The zero-order chi connectivity index (χ0) is 21.4. The van der Waals surface area contributed by atoms with Crippen molar-refractivity contribution in [3.8, 4) is 0 Å². The molecule has 1 aromatic carbocycles. The molecule has 2 bridgehead atoms. The molecule has 0 radical (unpaired) electrons. The Morgan fingerprint density at radius 2 is 1.76 bits per heavy atom. The smallest absolute Gasteiger partial charge is 0.316 e. The lowest BCUT2D eigenvalue weighted by atomic mass is 9.95. The first kappa shape index (κ1) is 22.1. The Hall–Kier alpha value is -1.56. The normalized spacial score (nSPS) is 32.4. The average Bonchev–Trinajstić information content (AvgIpc) is 3.41. The van der Waals surface area contributed by atoms with Crippen LogP contribution in [-0.2, 0) is 28.9 Å². The molecule has 3 heterocycles.